The molecule has 0 saturated heterocycles. The predicted molar refractivity (Wildman–Crippen MR) is 142 cm³/mol. The third kappa shape index (κ3) is 7.23. The first-order valence-corrected chi connectivity index (χ1v) is 11.8. The van der Waals surface area contributed by atoms with Crippen molar-refractivity contribution in [2.75, 3.05) is 11.9 Å². The van der Waals surface area contributed by atoms with E-state index in [-0.39, 0.29) is 22.2 Å². The van der Waals surface area contributed by atoms with Crippen molar-refractivity contribution < 1.29 is 9.18 Å². The smallest absolute Gasteiger partial charge is 0.334 e. The molecule has 0 spiro atoms. The summed E-state index contributed by atoms with van der Waals surface area (Å²) in [6.07, 6.45) is 1.95. The van der Waals surface area contributed by atoms with Crippen molar-refractivity contribution in [1.29, 1.82) is 5.41 Å². The van der Waals surface area contributed by atoms with Crippen LogP contribution >= 0.6 is 23.2 Å². The van der Waals surface area contributed by atoms with Gasteiger partial charge >= 0.3 is 5.91 Å². The fourth-order valence-electron chi connectivity index (χ4n) is 3.61. The summed E-state index contributed by atoms with van der Waals surface area (Å²) in [5, 5.41) is 17.9. The highest BCUT2D eigenvalue weighted by atomic mass is 35.5. The van der Waals surface area contributed by atoms with E-state index in [9.17, 15) is 14.1 Å². The third-order valence-electron chi connectivity index (χ3n) is 5.32. The molecule has 0 saturated carbocycles. The van der Waals surface area contributed by atoms with Gasteiger partial charge in [-0.25, -0.2) is 4.39 Å². The molecule has 2 rings (SSSR count). The van der Waals surface area contributed by atoms with Crippen LogP contribution in [0.5, 0.6) is 0 Å². The fraction of sp³-hybridized carbons (Fsp3) is 0.308. The molecule has 35 heavy (non-hydrogen) atoms. The van der Waals surface area contributed by atoms with Gasteiger partial charge in [0, 0.05) is 28.0 Å². The average Bonchev–Trinajstić information content (AvgIpc) is 2.79. The number of allylic oxidation sites excluding steroid dienone is 2. The molecular formula is C26H29Cl2FN4O2. The lowest BCUT2D eigenvalue weighted by Crippen LogP contribution is -2.31. The van der Waals surface area contributed by atoms with E-state index in [1.54, 1.807) is 24.3 Å². The van der Waals surface area contributed by atoms with Crippen molar-refractivity contribution in [3.8, 4) is 0 Å². The third-order valence-corrected chi connectivity index (χ3v) is 5.85. The van der Waals surface area contributed by atoms with E-state index in [4.69, 9.17) is 28.6 Å². The van der Waals surface area contributed by atoms with Gasteiger partial charge in [-0.15, -0.1) is 4.91 Å². The molecule has 1 atom stereocenters. The zero-order chi connectivity index (χ0) is 26.3. The normalized spacial score (nSPS) is 12.5. The van der Waals surface area contributed by atoms with Gasteiger partial charge in [-0.1, -0.05) is 60.8 Å². The van der Waals surface area contributed by atoms with Crippen molar-refractivity contribution >= 4 is 40.5 Å². The van der Waals surface area contributed by atoms with Gasteiger partial charge in [0.25, 0.3) is 0 Å². The molecule has 0 aliphatic rings. The second-order valence-electron chi connectivity index (χ2n) is 8.60. The topological polar surface area (TPSA) is 94.4 Å². The second-order valence-corrected chi connectivity index (χ2v) is 9.44. The van der Waals surface area contributed by atoms with E-state index in [2.05, 4.69) is 15.8 Å². The zero-order valence-electron chi connectivity index (χ0n) is 20.3. The lowest BCUT2D eigenvalue weighted by molar-refractivity contribution is -0.111. The summed E-state index contributed by atoms with van der Waals surface area (Å²) in [6, 6.07) is 8.73. The Morgan fingerprint density at radius 2 is 1.89 bits per heavy atom. The first-order chi connectivity index (χ1) is 16.5. The molecular weight excluding hydrogens is 490 g/mol. The average molecular weight is 519 g/mol. The number of hydrogen-bond donors (Lipinski definition) is 3. The minimum absolute atomic E-state index is 0.0704. The maximum absolute atomic E-state index is 14.9. The number of carbonyl (C=O) groups excluding carboxylic acids is 1. The molecule has 1 unspecified atom stereocenters. The number of amides is 1. The van der Waals surface area contributed by atoms with Crippen LogP contribution in [0.4, 0.5) is 10.1 Å². The van der Waals surface area contributed by atoms with Crippen molar-refractivity contribution in [1.82, 2.24) is 5.32 Å². The summed E-state index contributed by atoms with van der Waals surface area (Å²) in [5.41, 5.74) is 2.64. The maximum Gasteiger partial charge on any atom is 0.334 e. The molecule has 1 amide bonds. The van der Waals surface area contributed by atoms with Crippen LogP contribution in [0, 0.1) is 29.0 Å². The summed E-state index contributed by atoms with van der Waals surface area (Å²) in [4.78, 5) is 23.6. The molecule has 0 heterocycles. The number of aryl methyl sites for hydroxylation is 1. The number of benzene rings is 2. The second kappa shape index (κ2) is 12.6. The molecule has 0 aliphatic heterocycles. The standard InChI is InChI=1S/C26H29Cl2FN4O2/c1-14(2)11-12-31-24(15(3)4)21(23(30)26(34)33-35)25(18-10-9-17(27)13-16(18)5)32-20-8-6-7-19(28)22(20)29/h6-11,13,15,25,30-32H,12H2,1-5H3/b24-21+,30-23?. The summed E-state index contributed by atoms with van der Waals surface area (Å²) < 4.78 is 14.9. The minimum Gasteiger partial charge on any atom is -0.384 e. The van der Waals surface area contributed by atoms with E-state index in [0.29, 0.717) is 22.8 Å². The van der Waals surface area contributed by atoms with Gasteiger partial charge in [0.2, 0.25) is 0 Å². The van der Waals surface area contributed by atoms with E-state index in [0.717, 1.165) is 11.1 Å². The Labute approximate surface area is 215 Å². The van der Waals surface area contributed by atoms with E-state index < -0.39 is 23.5 Å². The van der Waals surface area contributed by atoms with Crippen LogP contribution in [0.1, 0.15) is 44.9 Å². The molecule has 3 N–H and O–H groups in total. The number of hydrogen-bond acceptors (Lipinski definition) is 5. The van der Waals surface area contributed by atoms with Crippen LogP contribution in [0.3, 0.4) is 0 Å². The molecule has 9 heteroatoms. The van der Waals surface area contributed by atoms with Gasteiger partial charge in [0.1, 0.15) is 5.71 Å². The summed E-state index contributed by atoms with van der Waals surface area (Å²) in [7, 11) is 0. The van der Waals surface area contributed by atoms with E-state index in [1.807, 2.05) is 40.7 Å². The number of nitroso groups, excluding NO2 is 1. The number of nitrogens with zero attached hydrogens (tertiary/aromatic N) is 1. The van der Waals surface area contributed by atoms with Crippen LogP contribution < -0.4 is 10.6 Å². The molecule has 0 bridgehead atoms. The van der Waals surface area contributed by atoms with Crippen molar-refractivity contribution in [2.24, 2.45) is 11.1 Å². The Balaban J connectivity index is 2.86. The molecule has 2 aromatic carbocycles. The van der Waals surface area contributed by atoms with Crippen molar-refractivity contribution in [3.05, 3.63) is 91.2 Å². The van der Waals surface area contributed by atoms with Crippen molar-refractivity contribution in [3.63, 3.8) is 0 Å². The SMILES string of the molecule is CC(C)=CCN/C(=C(\C(=N)C(=O)N=O)C(Nc1cccc(Cl)c1F)c1ccc(Cl)cc1C)C(C)C. The number of rotatable bonds is 10. The van der Waals surface area contributed by atoms with Crippen LogP contribution in [-0.2, 0) is 4.79 Å². The Kier molecular flexibility index (Phi) is 10.2. The van der Waals surface area contributed by atoms with Crippen LogP contribution in [0.2, 0.25) is 10.0 Å². The van der Waals surface area contributed by atoms with Gasteiger partial charge in [0.15, 0.2) is 5.82 Å². The Hall–Kier alpha value is -3.03. The fourth-order valence-corrected chi connectivity index (χ4v) is 4.01. The van der Waals surface area contributed by atoms with Gasteiger partial charge in [-0.05, 0) is 62.1 Å². The summed E-state index contributed by atoms with van der Waals surface area (Å²) >= 11 is 12.2. The molecule has 0 fully saturated rings. The Morgan fingerprint density at radius 3 is 2.46 bits per heavy atom. The number of nitrogens with one attached hydrogen (secondary N) is 3. The molecule has 0 radical (unpaired) electrons. The zero-order valence-corrected chi connectivity index (χ0v) is 21.8. The molecule has 0 aliphatic carbocycles. The highest BCUT2D eigenvalue weighted by molar-refractivity contribution is 6.45. The number of anilines is 1. The first kappa shape index (κ1) is 28.2. The summed E-state index contributed by atoms with van der Waals surface area (Å²) in [6.45, 7) is 9.93. The van der Waals surface area contributed by atoms with Gasteiger partial charge in [-0.3, -0.25) is 10.2 Å². The lowest BCUT2D eigenvalue weighted by Gasteiger charge is -2.29. The highest BCUT2D eigenvalue weighted by Gasteiger charge is 2.31. The van der Waals surface area contributed by atoms with E-state index in [1.165, 1.54) is 12.1 Å². The predicted octanol–water partition coefficient (Wildman–Crippen LogP) is 7.37. The Bertz CT molecular complexity index is 1190. The van der Waals surface area contributed by atoms with Crippen molar-refractivity contribution in [2.45, 2.75) is 40.7 Å². The van der Waals surface area contributed by atoms with Crippen LogP contribution in [-0.4, -0.2) is 18.2 Å². The minimum atomic E-state index is -1.23. The Morgan fingerprint density at radius 1 is 1.20 bits per heavy atom. The summed E-state index contributed by atoms with van der Waals surface area (Å²) in [5.74, 6) is -2.09. The highest BCUT2D eigenvalue weighted by Crippen LogP contribution is 2.35. The quantitative estimate of drug-likeness (QED) is 0.174. The molecule has 0 aromatic heterocycles. The number of carbonyl (C=O) groups is 1. The maximum atomic E-state index is 14.9. The molecule has 2 aromatic rings. The van der Waals surface area contributed by atoms with E-state index >= 15 is 0 Å². The van der Waals surface area contributed by atoms with Gasteiger partial charge in [-0.2, -0.15) is 0 Å². The lowest BCUT2D eigenvalue weighted by atomic mass is 9.87. The van der Waals surface area contributed by atoms with Gasteiger partial charge in [0.05, 0.1) is 16.8 Å². The van der Waals surface area contributed by atoms with Gasteiger partial charge < -0.3 is 10.6 Å². The first-order valence-electron chi connectivity index (χ1n) is 11.0. The van der Waals surface area contributed by atoms with Crippen LogP contribution in [0.15, 0.2) is 64.5 Å². The monoisotopic (exact) mass is 518 g/mol. The van der Waals surface area contributed by atoms with Crippen LogP contribution in [0.25, 0.3) is 0 Å². The molecule has 186 valence electrons. The largest absolute Gasteiger partial charge is 0.384 e. The number of halogens is 3. The molecule has 6 nitrogen and oxygen atoms in total.